The van der Waals surface area contributed by atoms with Crippen LogP contribution in [0.15, 0.2) is 24.3 Å². The summed E-state index contributed by atoms with van der Waals surface area (Å²) >= 11 is 13.3. The van der Waals surface area contributed by atoms with E-state index in [1.807, 2.05) is 29.2 Å². The molecule has 3 rings (SSSR count). The van der Waals surface area contributed by atoms with E-state index in [1.54, 1.807) is 6.92 Å². The van der Waals surface area contributed by atoms with Gasteiger partial charge in [-0.2, -0.15) is 4.37 Å². The maximum atomic E-state index is 12.1. The summed E-state index contributed by atoms with van der Waals surface area (Å²) in [5.41, 5.74) is 1.14. The van der Waals surface area contributed by atoms with Crippen molar-refractivity contribution in [2.24, 2.45) is 0 Å². The van der Waals surface area contributed by atoms with Crippen LogP contribution < -0.4 is 4.90 Å². The molecule has 1 amide bonds. The number of aromatic nitrogens is 2. The van der Waals surface area contributed by atoms with Crippen molar-refractivity contribution in [2.75, 3.05) is 31.1 Å². The van der Waals surface area contributed by atoms with Gasteiger partial charge in [0, 0.05) is 49.2 Å². The molecule has 0 unspecified atom stereocenters. The Bertz CT molecular complexity index is 720. The molecule has 1 aliphatic heterocycles. The average Bonchev–Trinajstić information content (AvgIpc) is 2.91. The van der Waals surface area contributed by atoms with Crippen molar-refractivity contribution in [3.05, 3.63) is 40.7 Å². The number of benzene rings is 1. The van der Waals surface area contributed by atoms with E-state index in [1.165, 1.54) is 11.5 Å². The number of anilines is 1. The van der Waals surface area contributed by atoms with E-state index < -0.39 is 5.38 Å². The van der Waals surface area contributed by atoms with Gasteiger partial charge in [0.15, 0.2) is 0 Å². The summed E-state index contributed by atoms with van der Waals surface area (Å²) in [5, 5.41) is 1.17. The first-order valence-electron chi connectivity index (χ1n) is 8.28. The van der Waals surface area contributed by atoms with Crippen LogP contribution in [-0.4, -0.2) is 51.7 Å². The average molecular weight is 399 g/mol. The van der Waals surface area contributed by atoms with E-state index in [0.29, 0.717) is 13.0 Å². The maximum absolute atomic E-state index is 12.1. The van der Waals surface area contributed by atoms with Crippen molar-refractivity contribution in [1.82, 2.24) is 14.3 Å². The molecule has 1 fully saturated rings. The summed E-state index contributed by atoms with van der Waals surface area (Å²) in [5.74, 6) is 0.818. The van der Waals surface area contributed by atoms with Crippen molar-refractivity contribution in [3.63, 3.8) is 0 Å². The number of alkyl halides is 1. The summed E-state index contributed by atoms with van der Waals surface area (Å²) in [6.07, 6.45) is 1.59. The topological polar surface area (TPSA) is 49.3 Å². The summed E-state index contributed by atoms with van der Waals surface area (Å²) in [6.45, 7) is 4.76. The number of amides is 1. The molecule has 0 aliphatic carbocycles. The van der Waals surface area contributed by atoms with E-state index in [2.05, 4.69) is 14.3 Å². The predicted octanol–water partition coefficient (Wildman–Crippen LogP) is 3.45. The minimum atomic E-state index is -0.473. The van der Waals surface area contributed by atoms with Crippen LogP contribution in [0.1, 0.15) is 24.7 Å². The highest BCUT2D eigenvalue weighted by atomic mass is 35.5. The minimum absolute atomic E-state index is 0.00390. The number of carbonyl (C=O) groups is 1. The van der Waals surface area contributed by atoms with Crippen LogP contribution in [-0.2, 0) is 11.2 Å². The number of halogens is 2. The third kappa shape index (κ3) is 4.84. The first-order chi connectivity index (χ1) is 12.0. The first-order valence-corrected chi connectivity index (χ1v) is 9.86. The quantitative estimate of drug-likeness (QED) is 0.739. The van der Waals surface area contributed by atoms with Gasteiger partial charge in [0.2, 0.25) is 11.0 Å². The Hall–Kier alpha value is -1.37. The molecule has 0 spiro atoms. The molecule has 1 aromatic heterocycles. The van der Waals surface area contributed by atoms with Gasteiger partial charge in [-0.3, -0.25) is 4.79 Å². The van der Waals surface area contributed by atoms with E-state index in [0.717, 1.165) is 47.6 Å². The normalized spacial score (nSPS) is 16.6. The minimum Gasteiger partial charge on any atom is -0.345 e. The molecule has 5 nitrogen and oxygen atoms in total. The Morgan fingerprint density at radius 1 is 1.24 bits per heavy atom. The van der Waals surface area contributed by atoms with Crippen LogP contribution in [0.25, 0.3) is 0 Å². The van der Waals surface area contributed by atoms with Gasteiger partial charge < -0.3 is 9.80 Å². The van der Waals surface area contributed by atoms with Crippen molar-refractivity contribution in [1.29, 1.82) is 0 Å². The zero-order valence-electron chi connectivity index (χ0n) is 14.0. The smallest absolute Gasteiger partial charge is 0.240 e. The Balaban J connectivity index is 1.62. The number of carbonyl (C=O) groups excluding carboxylic acids is 1. The molecule has 0 radical (unpaired) electrons. The van der Waals surface area contributed by atoms with Crippen LogP contribution in [0.3, 0.4) is 0 Å². The van der Waals surface area contributed by atoms with Crippen molar-refractivity contribution in [3.8, 4) is 0 Å². The lowest BCUT2D eigenvalue weighted by Crippen LogP contribution is -2.38. The molecule has 1 atom stereocenters. The second kappa shape index (κ2) is 8.34. The van der Waals surface area contributed by atoms with Crippen molar-refractivity contribution >= 4 is 45.8 Å². The molecule has 0 saturated carbocycles. The molecule has 0 N–H and O–H groups in total. The summed E-state index contributed by atoms with van der Waals surface area (Å²) < 4.78 is 4.48. The highest BCUT2D eigenvalue weighted by molar-refractivity contribution is 7.09. The van der Waals surface area contributed by atoms with Gasteiger partial charge in [0.25, 0.3) is 0 Å². The molecular formula is C17H20Cl2N4OS. The van der Waals surface area contributed by atoms with Crippen LogP contribution in [0, 0.1) is 0 Å². The second-order valence-electron chi connectivity index (χ2n) is 6.08. The molecule has 1 aliphatic rings. The van der Waals surface area contributed by atoms with Gasteiger partial charge in [-0.15, -0.1) is 11.6 Å². The molecule has 0 bridgehead atoms. The molecule has 1 saturated heterocycles. The van der Waals surface area contributed by atoms with E-state index in [4.69, 9.17) is 23.2 Å². The van der Waals surface area contributed by atoms with Crippen molar-refractivity contribution < 1.29 is 4.79 Å². The predicted molar refractivity (Wildman–Crippen MR) is 103 cm³/mol. The lowest BCUT2D eigenvalue weighted by atomic mass is 10.1. The van der Waals surface area contributed by atoms with Crippen LogP contribution in [0.5, 0.6) is 0 Å². The number of hydrogen-bond donors (Lipinski definition) is 0. The second-order valence-corrected chi connectivity index (χ2v) is 7.90. The Labute approximate surface area is 161 Å². The van der Waals surface area contributed by atoms with E-state index in [9.17, 15) is 4.79 Å². The van der Waals surface area contributed by atoms with Crippen LogP contribution >= 0.6 is 34.7 Å². The zero-order chi connectivity index (χ0) is 17.8. The molecule has 134 valence electrons. The van der Waals surface area contributed by atoms with Gasteiger partial charge in [0.05, 0.1) is 0 Å². The van der Waals surface area contributed by atoms with Gasteiger partial charge >= 0.3 is 0 Å². The molecule has 25 heavy (non-hydrogen) atoms. The first kappa shape index (κ1) is 18.4. The lowest BCUT2D eigenvalue weighted by molar-refractivity contribution is -0.130. The Kier molecular flexibility index (Phi) is 6.15. The molecular weight excluding hydrogens is 379 g/mol. The maximum Gasteiger partial charge on any atom is 0.240 e. The lowest BCUT2D eigenvalue weighted by Gasteiger charge is -2.22. The number of hydrogen-bond acceptors (Lipinski definition) is 5. The molecule has 8 heteroatoms. The highest BCUT2D eigenvalue weighted by Gasteiger charge is 2.23. The van der Waals surface area contributed by atoms with Gasteiger partial charge in [0.1, 0.15) is 11.2 Å². The zero-order valence-corrected chi connectivity index (χ0v) is 16.3. The van der Waals surface area contributed by atoms with Gasteiger partial charge in [-0.05, 0) is 31.0 Å². The third-order valence-electron chi connectivity index (χ3n) is 4.15. The highest BCUT2D eigenvalue weighted by Crippen LogP contribution is 2.21. The van der Waals surface area contributed by atoms with Crippen LogP contribution in [0.4, 0.5) is 5.13 Å². The summed E-state index contributed by atoms with van der Waals surface area (Å²) in [7, 11) is 0. The van der Waals surface area contributed by atoms with Gasteiger partial charge in [-0.1, -0.05) is 23.7 Å². The molecule has 2 heterocycles. The summed E-state index contributed by atoms with van der Waals surface area (Å²) in [6, 6.07) is 7.74. The van der Waals surface area contributed by atoms with Gasteiger partial charge in [-0.25, -0.2) is 4.98 Å². The largest absolute Gasteiger partial charge is 0.345 e. The van der Waals surface area contributed by atoms with Crippen molar-refractivity contribution in [2.45, 2.75) is 25.1 Å². The van der Waals surface area contributed by atoms with E-state index in [-0.39, 0.29) is 5.91 Å². The Morgan fingerprint density at radius 3 is 2.72 bits per heavy atom. The number of rotatable bonds is 4. The fourth-order valence-electron chi connectivity index (χ4n) is 2.81. The third-order valence-corrected chi connectivity index (χ3v) is 5.40. The fourth-order valence-corrected chi connectivity index (χ4v) is 3.81. The standard InChI is InChI=1S/C17H20Cl2N4OS/c1-12(18)16(24)22-7-2-8-23(10-9-22)17-20-15(21-25-17)11-13-3-5-14(19)6-4-13/h3-6,12H,2,7-11H2,1H3/t12-/m0/s1. The SMILES string of the molecule is C[C@H](Cl)C(=O)N1CCCN(c2nc(Cc3ccc(Cl)cc3)ns2)CC1. The summed E-state index contributed by atoms with van der Waals surface area (Å²) in [4.78, 5) is 20.8. The monoisotopic (exact) mass is 398 g/mol. The Morgan fingerprint density at radius 2 is 2.00 bits per heavy atom. The fraction of sp³-hybridized carbons (Fsp3) is 0.471. The number of nitrogens with zero attached hydrogens (tertiary/aromatic N) is 4. The van der Waals surface area contributed by atoms with E-state index >= 15 is 0 Å². The van der Waals surface area contributed by atoms with Crippen LogP contribution in [0.2, 0.25) is 5.02 Å². The molecule has 2 aromatic rings. The molecule has 1 aromatic carbocycles.